The van der Waals surface area contributed by atoms with Gasteiger partial charge >= 0.3 is 0 Å². The van der Waals surface area contributed by atoms with Crippen LogP contribution >= 0.6 is 0 Å². The number of hydrogen-bond acceptors (Lipinski definition) is 3. The van der Waals surface area contributed by atoms with Crippen LogP contribution in [0.4, 0.5) is 11.5 Å². The number of carbonyl (C=O) groups excluding carboxylic acids is 1. The third kappa shape index (κ3) is 5.05. The molecule has 1 aromatic carbocycles. The molecule has 25 heavy (non-hydrogen) atoms. The lowest BCUT2D eigenvalue weighted by molar-refractivity contribution is 0.102. The van der Waals surface area contributed by atoms with Gasteiger partial charge in [-0.2, -0.15) is 0 Å². The number of anilines is 2. The molecule has 1 heterocycles. The predicted octanol–water partition coefficient (Wildman–Crippen LogP) is 4.87. The van der Waals surface area contributed by atoms with Gasteiger partial charge in [0.25, 0.3) is 5.91 Å². The van der Waals surface area contributed by atoms with E-state index in [9.17, 15) is 4.79 Å². The first-order valence-corrected chi connectivity index (χ1v) is 8.91. The average Bonchev–Trinajstić information content (AvgIpc) is 2.59. The Bertz CT molecular complexity index is 702. The molecule has 0 saturated heterocycles. The van der Waals surface area contributed by atoms with Gasteiger partial charge < -0.3 is 10.2 Å². The number of para-hydroxylation sites is 1. The number of carbonyl (C=O) groups is 1. The van der Waals surface area contributed by atoms with E-state index < -0.39 is 0 Å². The largest absolute Gasteiger partial charge is 0.360 e. The van der Waals surface area contributed by atoms with Gasteiger partial charge in [-0.1, -0.05) is 52.3 Å². The third-order valence-corrected chi connectivity index (χ3v) is 4.23. The fourth-order valence-corrected chi connectivity index (χ4v) is 2.70. The molecule has 0 bridgehead atoms. The van der Waals surface area contributed by atoms with Gasteiger partial charge in [-0.15, -0.1) is 0 Å². The summed E-state index contributed by atoms with van der Waals surface area (Å²) in [6.07, 6.45) is 3.93. The van der Waals surface area contributed by atoms with Crippen LogP contribution in [0.25, 0.3) is 0 Å². The molecule has 0 radical (unpaired) electrons. The van der Waals surface area contributed by atoms with Crippen molar-refractivity contribution in [2.24, 2.45) is 0 Å². The summed E-state index contributed by atoms with van der Waals surface area (Å²) in [4.78, 5) is 19.1. The first-order valence-electron chi connectivity index (χ1n) is 8.91. The summed E-state index contributed by atoms with van der Waals surface area (Å²) in [6.45, 7) is 9.56. The highest BCUT2D eigenvalue weighted by atomic mass is 16.1. The summed E-state index contributed by atoms with van der Waals surface area (Å²) in [5.41, 5.74) is 2.50. The highest BCUT2D eigenvalue weighted by molar-refractivity contribution is 6.04. The Kier molecular flexibility index (Phi) is 6.18. The number of aromatic nitrogens is 1. The Morgan fingerprint density at radius 3 is 2.48 bits per heavy atom. The second-order valence-corrected chi connectivity index (χ2v) is 7.43. The summed E-state index contributed by atoms with van der Waals surface area (Å²) in [7, 11) is 2.03. The van der Waals surface area contributed by atoms with E-state index in [0.29, 0.717) is 5.56 Å². The van der Waals surface area contributed by atoms with E-state index in [1.807, 2.05) is 37.4 Å². The number of benzene rings is 1. The molecule has 0 fully saturated rings. The van der Waals surface area contributed by atoms with Gasteiger partial charge in [0.15, 0.2) is 0 Å². The van der Waals surface area contributed by atoms with Crippen molar-refractivity contribution in [2.75, 3.05) is 23.8 Å². The van der Waals surface area contributed by atoms with Crippen molar-refractivity contribution >= 4 is 17.4 Å². The summed E-state index contributed by atoms with van der Waals surface area (Å²) < 4.78 is 0. The van der Waals surface area contributed by atoms with Crippen LogP contribution in [0.1, 0.15) is 56.5 Å². The Labute approximate surface area is 151 Å². The molecule has 0 spiro atoms. The fourth-order valence-electron chi connectivity index (χ4n) is 2.70. The van der Waals surface area contributed by atoms with Crippen molar-refractivity contribution in [1.82, 2.24) is 4.98 Å². The van der Waals surface area contributed by atoms with Gasteiger partial charge in [-0.05, 0) is 35.6 Å². The van der Waals surface area contributed by atoms with Crippen LogP contribution in [-0.2, 0) is 5.41 Å². The normalized spacial score (nSPS) is 11.2. The lowest BCUT2D eigenvalue weighted by Crippen LogP contribution is -2.21. The quantitative estimate of drug-likeness (QED) is 0.817. The molecule has 0 aliphatic carbocycles. The van der Waals surface area contributed by atoms with Gasteiger partial charge in [0.05, 0.1) is 5.56 Å². The zero-order valence-electron chi connectivity index (χ0n) is 16.0. The van der Waals surface area contributed by atoms with Crippen molar-refractivity contribution < 1.29 is 4.79 Å². The zero-order valence-corrected chi connectivity index (χ0v) is 16.0. The number of unbranched alkanes of at least 4 members (excludes halogenated alkanes) is 1. The van der Waals surface area contributed by atoms with E-state index in [0.717, 1.165) is 36.5 Å². The average molecular weight is 339 g/mol. The van der Waals surface area contributed by atoms with Gasteiger partial charge in [0.2, 0.25) is 0 Å². The zero-order chi connectivity index (χ0) is 18.4. The molecule has 0 unspecified atom stereocenters. The summed E-state index contributed by atoms with van der Waals surface area (Å²) in [6, 6.07) is 11.7. The number of hydrogen-bond donors (Lipinski definition) is 1. The Hall–Kier alpha value is -2.36. The van der Waals surface area contributed by atoms with Crippen molar-refractivity contribution in [2.45, 2.75) is 46.0 Å². The Morgan fingerprint density at radius 1 is 1.16 bits per heavy atom. The van der Waals surface area contributed by atoms with E-state index in [4.69, 9.17) is 0 Å². The molecular formula is C21H29N3O. The number of nitrogens with one attached hydrogen (secondary N) is 1. The number of amides is 1. The number of nitrogens with zero attached hydrogens (tertiary/aromatic N) is 2. The first-order chi connectivity index (χ1) is 11.8. The van der Waals surface area contributed by atoms with Crippen LogP contribution in [0, 0.1) is 0 Å². The Balaban J connectivity index is 2.12. The molecule has 0 atom stereocenters. The van der Waals surface area contributed by atoms with E-state index in [-0.39, 0.29) is 11.3 Å². The van der Waals surface area contributed by atoms with Crippen molar-refractivity contribution in [1.29, 1.82) is 0 Å². The molecule has 2 aromatic rings. The lowest BCUT2D eigenvalue weighted by Gasteiger charge is -2.23. The molecule has 0 aliphatic rings. The molecule has 0 saturated carbocycles. The molecule has 134 valence electrons. The Morgan fingerprint density at radius 2 is 1.88 bits per heavy atom. The smallest absolute Gasteiger partial charge is 0.257 e. The second kappa shape index (κ2) is 8.15. The van der Waals surface area contributed by atoms with Crippen molar-refractivity contribution in [3.05, 3.63) is 53.7 Å². The topological polar surface area (TPSA) is 45.2 Å². The number of rotatable bonds is 6. The standard InChI is InChI=1S/C21H29N3O/c1-6-7-14-24(5)19-13-12-16(15-22-19)20(25)23-18-11-9-8-10-17(18)21(2,3)4/h8-13,15H,6-7,14H2,1-5H3,(H,23,25). The molecule has 1 N–H and O–H groups in total. The van der Waals surface area contributed by atoms with E-state index in [2.05, 4.69) is 49.0 Å². The number of pyridine rings is 1. The summed E-state index contributed by atoms with van der Waals surface area (Å²) in [5, 5.41) is 3.02. The van der Waals surface area contributed by atoms with Crippen LogP contribution < -0.4 is 10.2 Å². The maximum absolute atomic E-state index is 12.6. The van der Waals surface area contributed by atoms with Crippen LogP contribution in [0.5, 0.6) is 0 Å². The minimum absolute atomic E-state index is 0.0338. The van der Waals surface area contributed by atoms with Crippen molar-refractivity contribution in [3.8, 4) is 0 Å². The van der Waals surface area contributed by atoms with Crippen molar-refractivity contribution in [3.63, 3.8) is 0 Å². The molecular weight excluding hydrogens is 310 g/mol. The highest BCUT2D eigenvalue weighted by Gasteiger charge is 2.19. The highest BCUT2D eigenvalue weighted by Crippen LogP contribution is 2.29. The summed E-state index contributed by atoms with van der Waals surface area (Å²) in [5.74, 6) is 0.757. The van der Waals surface area contributed by atoms with Gasteiger partial charge in [-0.25, -0.2) is 4.98 Å². The maximum Gasteiger partial charge on any atom is 0.257 e. The molecule has 1 aromatic heterocycles. The molecule has 4 heteroatoms. The van der Waals surface area contributed by atoms with Gasteiger partial charge in [0, 0.05) is 25.5 Å². The summed E-state index contributed by atoms with van der Waals surface area (Å²) >= 11 is 0. The fraction of sp³-hybridized carbons (Fsp3) is 0.429. The van der Waals surface area contributed by atoms with Crippen LogP contribution in [-0.4, -0.2) is 24.5 Å². The predicted molar refractivity (Wildman–Crippen MR) is 106 cm³/mol. The van der Waals surface area contributed by atoms with Crippen LogP contribution in [0.15, 0.2) is 42.6 Å². The van der Waals surface area contributed by atoms with Crippen LogP contribution in [0.3, 0.4) is 0 Å². The monoisotopic (exact) mass is 339 g/mol. The molecule has 1 amide bonds. The van der Waals surface area contributed by atoms with Gasteiger partial charge in [0.1, 0.15) is 5.82 Å². The third-order valence-electron chi connectivity index (χ3n) is 4.23. The van der Waals surface area contributed by atoms with Crippen LogP contribution in [0.2, 0.25) is 0 Å². The van der Waals surface area contributed by atoms with E-state index in [1.165, 1.54) is 0 Å². The molecule has 4 nitrogen and oxygen atoms in total. The minimum Gasteiger partial charge on any atom is -0.360 e. The van der Waals surface area contributed by atoms with E-state index in [1.54, 1.807) is 6.20 Å². The SMILES string of the molecule is CCCCN(C)c1ccc(C(=O)Nc2ccccc2C(C)(C)C)cn1. The second-order valence-electron chi connectivity index (χ2n) is 7.43. The van der Waals surface area contributed by atoms with E-state index >= 15 is 0 Å². The first kappa shape index (κ1) is 19.0. The lowest BCUT2D eigenvalue weighted by atomic mass is 9.86. The molecule has 0 aliphatic heterocycles. The minimum atomic E-state index is -0.132. The van der Waals surface area contributed by atoms with Gasteiger partial charge in [-0.3, -0.25) is 4.79 Å². The molecule has 2 rings (SSSR count). The maximum atomic E-state index is 12.6.